The van der Waals surface area contributed by atoms with Gasteiger partial charge in [-0.15, -0.1) is 0 Å². The first-order chi connectivity index (χ1) is 7.82. The summed E-state index contributed by atoms with van der Waals surface area (Å²) in [6.07, 6.45) is 0. The Labute approximate surface area is 101 Å². The lowest BCUT2D eigenvalue weighted by Gasteiger charge is -2.06. The highest BCUT2D eigenvalue weighted by Gasteiger charge is 2.28. The van der Waals surface area contributed by atoms with Crippen LogP contribution in [0.4, 0.5) is 0 Å². The maximum atomic E-state index is 12.0. The Bertz CT molecular complexity index is 473. The van der Waals surface area contributed by atoms with Gasteiger partial charge in [0.2, 0.25) is 0 Å². The minimum atomic E-state index is -0.640. The highest BCUT2D eigenvalue weighted by Crippen LogP contribution is 2.23. The van der Waals surface area contributed by atoms with Crippen molar-refractivity contribution in [3.8, 4) is 0 Å². The van der Waals surface area contributed by atoms with Crippen molar-refractivity contribution >= 4 is 11.8 Å². The van der Waals surface area contributed by atoms with E-state index in [1.807, 2.05) is 0 Å². The van der Waals surface area contributed by atoms with Gasteiger partial charge in [-0.3, -0.25) is 4.79 Å². The van der Waals surface area contributed by atoms with Crippen LogP contribution in [0.15, 0.2) is 0 Å². The molecule has 1 heterocycles. The van der Waals surface area contributed by atoms with Crippen LogP contribution >= 0.6 is 0 Å². The second-order valence-corrected chi connectivity index (χ2v) is 4.12. The number of carbonyl (C=O) groups is 2. The normalized spacial score (nSPS) is 12.4. The summed E-state index contributed by atoms with van der Waals surface area (Å²) in [6, 6.07) is -0.640. The van der Waals surface area contributed by atoms with E-state index < -0.39 is 12.0 Å². The monoisotopic (exact) mass is 238 g/mol. The third kappa shape index (κ3) is 2.10. The summed E-state index contributed by atoms with van der Waals surface area (Å²) in [4.78, 5) is 23.7. The van der Waals surface area contributed by atoms with Crippen LogP contribution in [0.5, 0.6) is 0 Å². The van der Waals surface area contributed by atoms with Crippen molar-refractivity contribution in [1.29, 1.82) is 0 Å². The van der Waals surface area contributed by atoms with Crippen molar-refractivity contribution in [2.24, 2.45) is 12.8 Å². The summed E-state index contributed by atoms with van der Waals surface area (Å²) in [5, 5.41) is 0. The molecule has 0 aliphatic carbocycles. The zero-order valence-electron chi connectivity index (χ0n) is 10.8. The molecular weight excluding hydrogens is 220 g/mol. The summed E-state index contributed by atoms with van der Waals surface area (Å²) >= 11 is 0. The van der Waals surface area contributed by atoms with Crippen molar-refractivity contribution in [3.05, 3.63) is 22.5 Å². The minimum absolute atomic E-state index is 0.244. The van der Waals surface area contributed by atoms with E-state index >= 15 is 0 Å². The summed E-state index contributed by atoms with van der Waals surface area (Å²) in [5.41, 5.74) is 7.71. The van der Waals surface area contributed by atoms with Crippen LogP contribution in [0.2, 0.25) is 0 Å². The number of ketones is 1. The van der Waals surface area contributed by atoms with Gasteiger partial charge in [0.25, 0.3) is 0 Å². The minimum Gasteiger partial charge on any atom is -0.465 e. The molecule has 0 saturated carbocycles. The summed E-state index contributed by atoms with van der Waals surface area (Å²) in [7, 11) is 3.10. The van der Waals surface area contributed by atoms with E-state index in [-0.39, 0.29) is 5.78 Å². The van der Waals surface area contributed by atoms with Crippen LogP contribution in [-0.4, -0.2) is 29.5 Å². The Balaban J connectivity index is 3.52. The Hall–Kier alpha value is -1.62. The predicted molar refractivity (Wildman–Crippen MR) is 64.2 cm³/mol. The SMILES string of the molecule is COC(=O)c1c(C(=O)C(C)N)c(C)n(C)c1C. The van der Waals surface area contributed by atoms with Crippen LogP contribution in [0, 0.1) is 13.8 Å². The molecule has 0 amide bonds. The molecule has 0 aromatic carbocycles. The molecule has 0 spiro atoms. The van der Waals surface area contributed by atoms with Gasteiger partial charge in [-0.1, -0.05) is 0 Å². The van der Waals surface area contributed by atoms with Crippen LogP contribution in [0.1, 0.15) is 39.0 Å². The number of hydrogen-bond donors (Lipinski definition) is 1. The first kappa shape index (κ1) is 13.4. The van der Waals surface area contributed by atoms with Gasteiger partial charge in [-0.25, -0.2) is 4.79 Å². The molecule has 0 bridgehead atoms. The number of hydrogen-bond acceptors (Lipinski definition) is 4. The van der Waals surface area contributed by atoms with Gasteiger partial charge in [0.15, 0.2) is 5.78 Å². The third-order valence-electron chi connectivity index (χ3n) is 3.03. The number of nitrogens with two attached hydrogens (primary N) is 1. The van der Waals surface area contributed by atoms with Gasteiger partial charge in [0, 0.05) is 18.4 Å². The molecule has 0 radical (unpaired) electrons. The van der Waals surface area contributed by atoms with Gasteiger partial charge < -0.3 is 15.0 Å². The van der Waals surface area contributed by atoms with Gasteiger partial charge in [0.05, 0.1) is 24.3 Å². The molecule has 17 heavy (non-hydrogen) atoms. The van der Waals surface area contributed by atoms with Crippen molar-refractivity contribution in [1.82, 2.24) is 4.57 Å². The number of ether oxygens (including phenoxy) is 1. The van der Waals surface area contributed by atoms with Crippen LogP contribution in [0.3, 0.4) is 0 Å². The standard InChI is InChI=1S/C12H18N2O3/c1-6(13)11(15)9-7(2)14(4)8(3)10(9)12(16)17-5/h6H,13H2,1-5H3. The summed E-state index contributed by atoms with van der Waals surface area (Å²) in [6.45, 7) is 5.16. The lowest BCUT2D eigenvalue weighted by Crippen LogP contribution is -2.28. The van der Waals surface area contributed by atoms with Gasteiger partial charge >= 0.3 is 5.97 Å². The molecule has 1 rings (SSSR count). The van der Waals surface area contributed by atoms with E-state index in [0.29, 0.717) is 16.8 Å². The number of methoxy groups -OCH3 is 1. The Morgan fingerprint density at radius 3 is 2.12 bits per heavy atom. The fraction of sp³-hybridized carbons (Fsp3) is 0.500. The van der Waals surface area contributed by atoms with Crippen LogP contribution in [-0.2, 0) is 11.8 Å². The molecule has 1 unspecified atom stereocenters. The van der Waals surface area contributed by atoms with Crippen molar-refractivity contribution in [2.45, 2.75) is 26.8 Å². The van der Waals surface area contributed by atoms with E-state index in [9.17, 15) is 9.59 Å². The second-order valence-electron chi connectivity index (χ2n) is 4.12. The maximum Gasteiger partial charge on any atom is 0.340 e. The molecule has 0 fully saturated rings. The van der Waals surface area contributed by atoms with Crippen LogP contribution in [0.25, 0.3) is 0 Å². The third-order valence-corrected chi connectivity index (χ3v) is 3.03. The quantitative estimate of drug-likeness (QED) is 0.628. The number of carbonyl (C=O) groups excluding carboxylic acids is 2. The molecular formula is C12H18N2O3. The highest BCUT2D eigenvalue weighted by atomic mass is 16.5. The number of nitrogens with zero attached hydrogens (tertiary/aromatic N) is 1. The first-order valence-electron chi connectivity index (χ1n) is 5.36. The molecule has 5 heteroatoms. The number of Topliss-reactive ketones (excluding diaryl/α,β-unsaturated/α-hetero) is 1. The molecule has 2 N–H and O–H groups in total. The highest BCUT2D eigenvalue weighted by molar-refractivity contribution is 6.10. The molecule has 1 aromatic rings. The first-order valence-corrected chi connectivity index (χ1v) is 5.36. The Morgan fingerprint density at radius 2 is 1.71 bits per heavy atom. The van der Waals surface area contributed by atoms with Gasteiger partial charge in [-0.2, -0.15) is 0 Å². The lowest BCUT2D eigenvalue weighted by molar-refractivity contribution is 0.0596. The molecule has 5 nitrogen and oxygen atoms in total. The van der Waals surface area contributed by atoms with Crippen LogP contribution < -0.4 is 5.73 Å². The zero-order valence-corrected chi connectivity index (χ0v) is 10.8. The van der Waals surface area contributed by atoms with E-state index in [1.54, 1.807) is 32.4 Å². The molecule has 94 valence electrons. The van der Waals surface area contributed by atoms with Crippen molar-refractivity contribution < 1.29 is 14.3 Å². The van der Waals surface area contributed by atoms with E-state index in [0.717, 1.165) is 5.69 Å². The Kier molecular flexibility index (Phi) is 3.72. The average molecular weight is 238 g/mol. The number of rotatable bonds is 3. The maximum absolute atomic E-state index is 12.0. The Morgan fingerprint density at radius 1 is 1.24 bits per heavy atom. The fourth-order valence-electron chi connectivity index (χ4n) is 1.83. The van der Waals surface area contributed by atoms with E-state index in [2.05, 4.69) is 0 Å². The topological polar surface area (TPSA) is 74.3 Å². The number of aromatic nitrogens is 1. The summed E-state index contributed by atoms with van der Waals surface area (Å²) in [5.74, 6) is -0.748. The van der Waals surface area contributed by atoms with E-state index in [1.165, 1.54) is 7.11 Å². The van der Waals surface area contributed by atoms with Gasteiger partial charge in [0.1, 0.15) is 0 Å². The molecule has 0 aliphatic heterocycles. The molecule has 0 saturated heterocycles. The van der Waals surface area contributed by atoms with Gasteiger partial charge in [-0.05, 0) is 20.8 Å². The predicted octanol–water partition coefficient (Wildman–Crippen LogP) is 0.958. The number of esters is 1. The lowest BCUT2D eigenvalue weighted by atomic mass is 10.0. The molecule has 1 atom stereocenters. The molecule has 1 aromatic heterocycles. The molecule has 0 aliphatic rings. The van der Waals surface area contributed by atoms with E-state index in [4.69, 9.17) is 10.5 Å². The average Bonchev–Trinajstić information content (AvgIpc) is 2.51. The van der Waals surface area contributed by atoms with Crippen molar-refractivity contribution in [3.63, 3.8) is 0 Å². The second kappa shape index (κ2) is 4.71. The largest absolute Gasteiger partial charge is 0.465 e. The fourth-order valence-corrected chi connectivity index (χ4v) is 1.83. The van der Waals surface area contributed by atoms with Crippen molar-refractivity contribution in [2.75, 3.05) is 7.11 Å². The smallest absolute Gasteiger partial charge is 0.340 e. The zero-order chi connectivity index (χ0) is 13.3. The summed E-state index contributed by atoms with van der Waals surface area (Å²) < 4.78 is 6.50.